The average molecular weight is 350 g/mol. The Morgan fingerprint density at radius 3 is 2.23 bits per heavy atom. The van der Waals surface area contributed by atoms with Crippen LogP contribution < -0.4 is 15.4 Å². The fourth-order valence-corrected chi connectivity index (χ4v) is 3.18. The molecule has 0 bridgehead atoms. The van der Waals surface area contributed by atoms with Crippen LogP contribution in [0.5, 0.6) is 0 Å². The normalized spacial score (nSPS) is 14.5. The van der Waals surface area contributed by atoms with E-state index in [0.717, 1.165) is 37.4 Å². The number of halogens is 1. The SMILES string of the molecule is O=c1cc(-c2ccccc2)nc(N2CCN(c3ccc(F)cc3)CC2)[nH]1. The van der Waals surface area contributed by atoms with Gasteiger partial charge in [-0.1, -0.05) is 30.3 Å². The van der Waals surface area contributed by atoms with E-state index in [0.29, 0.717) is 11.6 Å². The number of piperazine rings is 1. The number of nitrogens with zero attached hydrogens (tertiary/aromatic N) is 3. The molecule has 1 aliphatic heterocycles. The zero-order chi connectivity index (χ0) is 17.9. The van der Waals surface area contributed by atoms with E-state index in [1.807, 2.05) is 30.3 Å². The average Bonchev–Trinajstić information content (AvgIpc) is 2.69. The summed E-state index contributed by atoms with van der Waals surface area (Å²) < 4.78 is 13.1. The number of hydrogen-bond acceptors (Lipinski definition) is 4. The Kier molecular flexibility index (Phi) is 4.39. The lowest BCUT2D eigenvalue weighted by molar-refractivity contribution is 0.623. The predicted octanol–water partition coefficient (Wildman–Crippen LogP) is 2.90. The summed E-state index contributed by atoms with van der Waals surface area (Å²) in [4.78, 5) is 23.8. The van der Waals surface area contributed by atoms with Crippen LogP contribution in [0, 0.1) is 5.82 Å². The number of H-pyrrole nitrogens is 1. The number of aromatic nitrogens is 2. The zero-order valence-corrected chi connectivity index (χ0v) is 14.2. The van der Waals surface area contributed by atoms with E-state index in [4.69, 9.17) is 0 Å². The first kappa shape index (κ1) is 16.3. The fourth-order valence-electron chi connectivity index (χ4n) is 3.18. The summed E-state index contributed by atoms with van der Waals surface area (Å²) in [6.07, 6.45) is 0. The molecule has 1 fully saturated rings. The predicted molar refractivity (Wildman–Crippen MR) is 101 cm³/mol. The van der Waals surface area contributed by atoms with Crippen LogP contribution in [-0.2, 0) is 0 Å². The number of benzene rings is 2. The smallest absolute Gasteiger partial charge is 0.252 e. The summed E-state index contributed by atoms with van der Waals surface area (Å²) in [6.45, 7) is 3.03. The monoisotopic (exact) mass is 350 g/mol. The van der Waals surface area contributed by atoms with Gasteiger partial charge in [-0.15, -0.1) is 0 Å². The van der Waals surface area contributed by atoms with Crippen molar-refractivity contribution < 1.29 is 4.39 Å². The second kappa shape index (κ2) is 7.00. The van der Waals surface area contributed by atoms with E-state index in [1.54, 1.807) is 12.1 Å². The lowest BCUT2D eigenvalue weighted by Gasteiger charge is -2.36. The van der Waals surface area contributed by atoms with Crippen molar-refractivity contribution in [1.29, 1.82) is 0 Å². The highest BCUT2D eigenvalue weighted by Crippen LogP contribution is 2.20. The summed E-state index contributed by atoms with van der Waals surface area (Å²) >= 11 is 0. The highest BCUT2D eigenvalue weighted by atomic mass is 19.1. The zero-order valence-electron chi connectivity index (χ0n) is 14.2. The van der Waals surface area contributed by atoms with E-state index < -0.39 is 0 Å². The molecular weight excluding hydrogens is 331 g/mol. The first-order chi connectivity index (χ1) is 12.7. The standard InChI is InChI=1S/C20H19FN4O/c21-16-6-8-17(9-7-16)24-10-12-25(13-11-24)20-22-18(14-19(26)23-20)15-4-2-1-3-5-15/h1-9,14H,10-13H2,(H,22,23,26). The molecule has 0 aliphatic carbocycles. The summed E-state index contributed by atoms with van der Waals surface area (Å²) in [7, 11) is 0. The third-order valence-corrected chi connectivity index (χ3v) is 4.57. The Bertz CT molecular complexity index is 932. The van der Waals surface area contributed by atoms with Crippen LogP contribution in [0.1, 0.15) is 0 Å². The number of hydrogen-bond donors (Lipinski definition) is 1. The Morgan fingerprint density at radius 2 is 1.54 bits per heavy atom. The topological polar surface area (TPSA) is 52.2 Å². The van der Waals surface area contributed by atoms with Gasteiger partial charge < -0.3 is 9.80 Å². The van der Waals surface area contributed by atoms with Crippen molar-refractivity contribution in [3.63, 3.8) is 0 Å². The third kappa shape index (κ3) is 3.44. The molecule has 0 atom stereocenters. The molecule has 2 aromatic carbocycles. The van der Waals surface area contributed by atoms with Gasteiger partial charge in [-0.25, -0.2) is 9.37 Å². The van der Waals surface area contributed by atoms with Crippen molar-refractivity contribution in [3.05, 3.63) is 76.8 Å². The van der Waals surface area contributed by atoms with Gasteiger partial charge in [0, 0.05) is 43.5 Å². The molecule has 26 heavy (non-hydrogen) atoms. The van der Waals surface area contributed by atoms with E-state index in [9.17, 15) is 9.18 Å². The Balaban J connectivity index is 1.52. The first-order valence-corrected chi connectivity index (χ1v) is 8.61. The van der Waals surface area contributed by atoms with Gasteiger partial charge in [0.25, 0.3) is 5.56 Å². The van der Waals surface area contributed by atoms with Crippen molar-refractivity contribution in [2.75, 3.05) is 36.0 Å². The van der Waals surface area contributed by atoms with Gasteiger partial charge in [0.2, 0.25) is 5.95 Å². The Labute approximate surface area is 150 Å². The maximum Gasteiger partial charge on any atom is 0.252 e. The Morgan fingerprint density at radius 1 is 0.885 bits per heavy atom. The van der Waals surface area contributed by atoms with Gasteiger partial charge in [0.05, 0.1) is 5.69 Å². The number of anilines is 2. The molecule has 6 heteroatoms. The van der Waals surface area contributed by atoms with Crippen LogP contribution in [0.25, 0.3) is 11.3 Å². The number of rotatable bonds is 3. The summed E-state index contributed by atoms with van der Waals surface area (Å²) in [6, 6.07) is 17.7. The van der Waals surface area contributed by atoms with E-state index in [1.165, 1.54) is 18.2 Å². The van der Waals surface area contributed by atoms with Gasteiger partial charge in [-0.3, -0.25) is 9.78 Å². The van der Waals surface area contributed by atoms with Crippen molar-refractivity contribution in [1.82, 2.24) is 9.97 Å². The highest BCUT2D eigenvalue weighted by molar-refractivity contribution is 5.60. The van der Waals surface area contributed by atoms with Crippen LogP contribution in [0.15, 0.2) is 65.5 Å². The van der Waals surface area contributed by atoms with Crippen molar-refractivity contribution in [2.45, 2.75) is 0 Å². The summed E-state index contributed by atoms with van der Waals surface area (Å²) in [5, 5.41) is 0. The fraction of sp³-hybridized carbons (Fsp3) is 0.200. The summed E-state index contributed by atoms with van der Waals surface area (Å²) in [5.41, 5.74) is 2.44. The molecule has 2 heterocycles. The van der Waals surface area contributed by atoms with Gasteiger partial charge in [0.1, 0.15) is 5.82 Å². The van der Waals surface area contributed by atoms with Gasteiger partial charge in [-0.2, -0.15) is 0 Å². The van der Waals surface area contributed by atoms with Crippen LogP contribution in [0.4, 0.5) is 16.0 Å². The lowest BCUT2D eigenvalue weighted by atomic mass is 10.1. The third-order valence-electron chi connectivity index (χ3n) is 4.57. The lowest BCUT2D eigenvalue weighted by Crippen LogP contribution is -2.47. The molecule has 1 N–H and O–H groups in total. The molecule has 1 aromatic heterocycles. The number of aromatic amines is 1. The molecule has 3 aromatic rings. The van der Waals surface area contributed by atoms with Gasteiger partial charge >= 0.3 is 0 Å². The largest absolute Gasteiger partial charge is 0.368 e. The maximum atomic E-state index is 13.1. The van der Waals surface area contributed by atoms with E-state index in [2.05, 4.69) is 19.8 Å². The number of nitrogens with one attached hydrogen (secondary N) is 1. The molecule has 1 saturated heterocycles. The minimum absolute atomic E-state index is 0.158. The van der Waals surface area contributed by atoms with Crippen molar-refractivity contribution in [3.8, 4) is 11.3 Å². The molecular formula is C20H19FN4O. The molecule has 0 spiro atoms. The quantitative estimate of drug-likeness (QED) is 0.789. The van der Waals surface area contributed by atoms with E-state index >= 15 is 0 Å². The Hall–Kier alpha value is -3.15. The second-order valence-electron chi connectivity index (χ2n) is 6.27. The molecule has 4 rings (SSSR count). The first-order valence-electron chi connectivity index (χ1n) is 8.61. The molecule has 0 unspecified atom stereocenters. The van der Waals surface area contributed by atoms with Gasteiger partial charge in [0.15, 0.2) is 0 Å². The van der Waals surface area contributed by atoms with Crippen LogP contribution >= 0.6 is 0 Å². The molecule has 132 valence electrons. The molecule has 1 aliphatic rings. The van der Waals surface area contributed by atoms with Crippen molar-refractivity contribution >= 4 is 11.6 Å². The molecule has 5 nitrogen and oxygen atoms in total. The second-order valence-corrected chi connectivity index (χ2v) is 6.27. The summed E-state index contributed by atoms with van der Waals surface area (Å²) in [5.74, 6) is 0.363. The van der Waals surface area contributed by atoms with E-state index in [-0.39, 0.29) is 11.4 Å². The minimum Gasteiger partial charge on any atom is -0.368 e. The van der Waals surface area contributed by atoms with Crippen LogP contribution in [0.3, 0.4) is 0 Å². The van der Waals surface area contributed by atoms with Crippen LogP contribution in [0.2, 0.25) is 0 Å². The maximum absolute atomic E-state index is 13.1. The van der Waals surface area contributed by atoms with Gasteiger partial charge in [-0.05, 0) is 24.3 Å². The minimum atomic E-state index is -0.230. The molecule has 0 amide bonds. The highest BCUT2D eigenvalue weighted by Gasteiger charge is 2.19. The van der Waals surface area contributed by atoms with Crippen molar-refractivity contribution in [2.24, 2.45) is 0 Å². The molecule has 0 saturated carbocycles. The van der Waals surface area contributed by atoms with Crippen LogP contribution in [-0.4, -0.2) is 36.1 Å². The molecule has 0 radical (unpaired) electrons.